The van der Waals surface area contributed by atoms with E-state index in [2.05, 4.69) is 13.2 Å². The van der Waals surface area contributed by atoms with Crippen LogP contribution in [0.5, 0.6) is 0 Å². The molecule has 0 aliphatic carbocycles. The first-order chi connectivity index (χ1) is 6.85. The average molecular weight is 214 g/mol. The predicted molar refractivity (Wildman–Crippen MR) is 49.3 cm³/mol. The first-order valence-electron chi connectivity index (χ1n) is 3.70. The molecule has 0 radical (unpaired) electrons. The molecule has 0 aromatic carbocycles. The molecule has 0 heterocycles. The lowest BCUT2D eigenvalue weighted by molar-refractivity contribution is -0.171. The molecule has 0 aliphatic rings. The van der Waals surface area contributed by atoms with Gasteiger partial charge in [0.2, 0.25) is 11.8 Å². The van der Waals surface area contributed by atoms with Crippen LogP contribution in [0, 0.1) is 0 Å². The molecule has 0 spiro atoms. The van der Waals surface area contributed by atoms with E-state index in [4.69, 9.17) is 5.11 Å². The molecule has 0 saturated heterocycles. The van der Waals surface area contributed by atoms with Gasteiger partial charge < -0.3 is 10.2 Å². The molecular weight excluding hydrogens is 204 g/mol. The fourth-order valence-electron chi connectivity index (χ4n) is 0.597. The quantitative estimate of drug-likeness (QED) is 0.322. The minimum absolute atomic E-state index is 0.744. The van der Waals surface area contributed by atoms with Crippen molar-refractivity contribution in [3.63, 3.8) is 0 Å². The van der Waals surface area contributed by atoms with Gasteiger partial charge >= 0.3 is 11.8 Å². The van der Waals surface area contributed by atoms with Crippen LogP contribution >= 0.6 is 0 Å². The topological polar surface area (TPSA) is 116 Å². The third-order valence-corrected chi connectivity index (χ3v) is 1.29. The lowest BCUT2D eigenvalue weighted by Crippen LogP contribution is -2.65. The summed E-state index contributed by atoms with van der Waals surface area (Å²) in [5.74, 6) is -6.63. The van der Waals surface area contributed by atoms with Crippen LogP contribution in [0.25, 0.3) is 0 Å². The van der Waals surface area contributed by atoms with E-state index in [0.29, 0.717) is 0 Å². The highest BCUT2D eigenvalue weighted by atomic mass is 16.4. The number of amides is 2. The standard InChI is InChI=1S/C8H10N2O5/c1-3-5(11)9-8(15,7(13)14)10-6(12)4-2/h3-4,15H,1-2H2,(H,9,11)(H,10,12)(H,13,14). The summed E-state index contributed by atoms with van der Waals surface area (Å²) < 4.78 is 0. The molecule has 0 aromatic heterocycles. The molecule has 0 bridgehead atoms. The van der Waals surface area contributed by atoms with Crippen LogP contribution in [0.3, 0.4) is 0 Å². The zero-order valence-electron chi connectivity index (χ0n) is 7.69. The second-order valence-corrected chi connectivity index (χ2v) is 2.40. The molecule has 2 amide bonds. The molecule has 0 atom stereocenters. The number of nitrogens with one attached hydrogen (secondary N) is 2. The SMILES string of the molecule is C=CC(=O)NC(O)(NC(=O)C=C)C(=O)O. The summed E-state index contributed by atoms with van der Waals surface area (Å²) in [5, 5.41) is 21.2. The molecule has 0 fully saturated rings. The Morgan fingerprint density at radius 2 is 1.40 bits per heavy atom. The highest BCUT2D eigenvalue weighted by Crippen LogP contribution is 1.95. The Bertz CT molecular complexity index is 301. The van der Waals surface area contributed by atoms with Crippen LogP contribution < -0.4 is 10.6 Å². The van der Waals surface area contributed by atoms with Crippen molar-refractivity contribution in [2.24, 2.45) is 0 Å². The van der Waals surface area contributed by atoms with Gasteiger partial charge in [0.15, 0.2) is 0 Å². The molecule has 0 saturated carbocycles. The van der Waals surface area contributed by atoms with Crippen molar-refractivity contribution >= 4 is 17.8 Å². The van der Waals surface area contributed by atoms with Crippen LogP contribution in [-0.4, -0.2) is 33.8 Å². The Labute approximate surface area is 85.1 Å². The lowest BCUT2D eigenvalue weighted by Gasteiger charge is -2.23. The van der Waals surface area contributed by atoms with Gasteiger partial charge in [-0.05, 0) is 12.2 Å². The highest BCUT2D eigenvalue weighted by Gasteiger charge is 2.38. The van der Waals surface area contributed by atoms with Crippen LogP contribution in [-0.2, 0) is 14.4 Å². The van der Waals surface area contributed by atoms with E-state index in [1.54, 1.807) is 10.6 Å². The van der Waals surface area contributed by atoms with Crippen molar-refractivity contribution in [3.05, 3.63) is 25.3 Å². The second kappa shape index (κ2) is 4.91. The Morgan fingerprint density at radius 3 is 1.60 bits per heavy atom. The zero-order chi connectivity index (χ0) is 12.1. The predicted octanol–water partition coefficient (Wildman–Crippen LogP) is -1.68. The largest absolute Gasteiger partial charge is 0.476 e. The molecule has 7 nitrogen and oxygen atoms in total. The first-order valence-corrected chi connectivity index (χ1v) is 3.70. The van der Waals surface area contributed by atoms with E-state index in [9.17, 15) is 19.5 Å². The van der Waals surface area contributed by atoms with Crippen LogP contribution in [0.4, 0.5) is 0 Å². The van der Waals surface area contributed by atoms with Gasteiger partial charge in [-0.25, -0.2) is 4.79 Å². The minimum Gasteiger partial charge on any atom is -0.476 e. The van der Waals surface area contributed by atoms with Crippen molar-refractivity contribution < 1.29 is 24.6 Å². The number of carboxylic acid groups (broad SMARTS) is 1. The molecule has 0 aliphatic heterocycles. The summed E-state index contributed by atoms with van der Waals surface area (Å²) in [4.78, 5) is 32.1. The van der Waals surface area contributed by atoms with Crippen molar-refractivity contribution in [2.75, 3.05) is 0 Å². The summed E-state index contributed by atoms with van der Waals surface area (Å²) in [7, 11) is 0. The molecular formula is C8H10N2O5. The maximum Gasteiger partial charge on any atom is 0.380 e. The maximum absolute atomic E-state index is 10.8. The van der Waals surface area contributed by atoms with Gasteiger partial charge in [-0.15, -0.1) is 0 Å². The van der Waals surface area contributed by atoms with Gasteiger partial charge in [0.25, 0.3) is 0 Å². The van der Waals surface area contributed by atoms with Gasteiger partial charge in [0.05, 0.1) is 0 Å². The number of hydrogen-bond donors (Lipinski definition) is 4. The number of carbonyl (C=O) groups excluding carboxylic acids is 2. The maximum atomic E-state index is 10.8. The molecule has 0 rings (SSSR count). The molecule has 4 N–H and O–H groups in total. The monoisotopic (exact) mass is 214 g/mol. The average Bonchev–Trinajstić information content (AvgIpc) is 2.16. The van der Waals surface area contributed by atoms with E-state index < -0.39 is 23.6 Å². The first kappa shape index (κ1) is 12.8. The third kappa shape index (κ3) is 3.61. The number of rotatable bonds is 5. The molecule has 15 heavy (non-hydrogen) atoms. The lowest BCUT2D eigenvalue weighted by atomic mass is 10.3. The van der Waals surface area contributed by atoms with Gasteiger partial charge in [0, 0.05) is 0 Å². The van der Waals surface area contributed by atoms with Gasteiger partial charge in [-0.3, -0.25) is 20.2 Å². The number of aliphatic hydroxyl groups is 1. The summed E-state index contributed by atoms with van der Waals surface area (Å²) in [6, 6.07) is 0. The van der Waals surface area contributed by atoms with Crippen molar-refractivity contribution in [3.8, 4) is 0 Å². The van der Waals surface area contributed by atoms with Gasteiger partial charge in [0.1, 0.15) is 0 Å². The van der Waals surface area contributed by atoms with Crippen LogP contribution in [0.1, 0.15) is 0 Å². The van der Waals surface area contributed by atoms with Gasteiger partial charge in [-0.2, -0.15) is 0 Å². The van der Waals surface area contributed by atoms with E-state index in [1.165, 1.54) is 0 Å². The third-order valence-electron chi connectivity index (χ3n) is 1.29. The Hall–Kier alpha value is -2.15. The number of carbonyl (C=O) groups is 3. The Kier molecular flexibility index (Phi) is 4.21. The smallest absolute Gasteiger partial charge is 0.380 e. The molecule has 0 unspecified atom stereocenters. The fourth-order valence-corrected chi connectivity index (χ4v) is 0.597. The number of hydrogen-bond acceptors (Lipinski definition) is 4. The minimum atomic E-state index is -2.88. The van der Waals surface area contributed by atoms with Gasteiger partial charge in [-0.1, -0.05) is 13.2 Å². The van der Waals surface area contributed by atoms with Crippen molar-refractivity contribution in [1.29, 1.82) is 0 Å². The molecule has 82 valence electrons. The van der Waals surface area contributed by atoms with E-state index in [0.717, 1.165) is 12.2 Å². The van der Waals surface area contributed by atoms with Crippen molar-refractivity contribution in [2.45, 2.75) is 5.85 Å². The van der Waals surface area contributed by atoms with Crippen LogP contribution in [0.15, 0.2) is 25.3 Å². The molecule has 7 heteroatoms. The Morgan fingerprint density at radius 1 is 1.07 bits per heavy atom. The summed E-state index contributed by atoms with van der Waals surface area (Å²) >= 11 is 0. The van der Waals surface area contributed by atoms with E-state index in [1.807, 2.05) is 0 Å². The second-order valence-electron chi connectivity index (χ2n) is 2.40. The highest BCUT2D eigenvalue weighted by molar-refractivity contribution is 5.95. The number of carboxylic acids is 1. The molecule has 0 aromatic rings. The van der Waals surface area contributed by atoms with Crippen molar-refractivity contribution in [1.82, 2.24) is 10.6 Å². The van der Waals surface area contributed by atoms with E-state index in [-0.39, 0.29) is 0 Å². The summed E-state index contributed by atoms with van der Waals surface area (Å²) in [5.41, 5.74) is 0. The van der Waals surface area contributed by atoms with E-state index >= 15 is 0 Å². The summed E-state index contributed by atoms with van der Waals surface area (Å²) in [6.07, 6.45) is 1.49. The number of aliphatic carboxylic acids is 1. The van der Waals surface area contributed by atoms with Crippen LogP contribution in [0.2, 0.25) is 0 Å². The Balaban J connectivity index is 4.81. The summed E-state index contributed by atoms with van der Waals surface area (Å²) in [6.45, 7) is 6.11. The fraction of sp³-hybridized carbons (Fsp3) is 0.125. The normalized spacial score (nSPS) is 9.93. The zero-order valence-corrected chi connectivity index (χ0v) is 7.69.